The molecule has 1 aromatic carbocycles. The molecule has 1 aromatic heterocycles. The maximum atomic E-state index is 11.3. The van der Waals surface area contributed by atoms with Gasteiger partial charge in [0.05, 0.1) is 11.3 Å². The van der Waals surface area contributed by atoms with Gasteiger partial charge in [-0.25, -0.2) is 4.99 Å². The average molecular weight is 476 g/mol. The number of aliphatic imine (C=N–C) groups is 1. The van der Waals surface area contributed by atoms with Gasteiger partial charge in [0, 0.05) is 42.7 Å². The number of aromatic hydroxyl groups is 1. The molecule has 7 heteroatoms. The standard InChI is InChI=1S/C28H37N5O2/c1-6-19-9-8-17(3)21(14-19)22-16-23-24(15-20(22)7-2)33-28(35)27(23)18(4)32-25(29)10-12-31-13-11-26(34)30-5/h8-10,12,14-16,20,22,29,31,33,35H,6-7,11,13H2,1-5H3,(H,30,34)/b12-10-,29-25?,32-18?. The lowest BCUT2D eigenvalue weighted by Crippen LogP contribution is -2.34. The number of aromatic nitrogens is 1. The number of carbonyl (C=O) groups excluding carboxylic acids is 1. The number of amidine groups is 1. The first-order valence-corrected chi connectivity index (χ1v) is 12.3. The van der Waals surface area contributed by atoms with Gasteiger partial charge < -0.3 is 20.7 Å². The largest absolute Gasteiger partial charge is 0.494 e. The summed E-state index contributed by atoms with van der Waals surface area (Å²) in [5.41, 5.74) is 5.10. The lowest BCUT2D eigenvalue weighted by atomic mass is 9.78. The molecule has 2 unspecified atom stereocenters. The fourth-order valence-electron chi connectivity index (χ4n) is 4.58. The lowest BCUT2D eigenvalue weighted by molar-refractivity contribution is -0.120. The minimum absolute atomic E-state index is 0.0455. The van der Waals surface area contributed by atoms with Crippen LogP contribution in [0.15, 0.2) is 35.5 Å². The summed E-state index contributed by atoms with van der Waals surface area (Å²) >= 11 is 0. The van der Waals surface area contributed by atoms with Crippen LogP contribution in [0.5, 0.6) is 5.88 Å². The molecule has 2 aromatic rings. The van der Waals surface area contributed by atoms with Gasteiger partial charge in [-0.05, 0) is 55.4 Å². The Morgan fingerprint density at radius 2 is 2.06 bits per heavy atom. The zero-order valence-electron chi connectivity index (χ0n) is 21.3. The summed E-state index contributed by atoms with van der Waals surface area (Å²) in [5.74, 6) is 0.594. The molecule has 2 atom stereocenters. The smallest absolute Gasteiger partial charge is 0.221 e. The average Bonchev–Trinajstić information content (AvgIpc) is 3.17. The number of benzene rings is 1. The van der Waals surface area contributed by atoms with Crippen LogP contribution in [0.4, 0.5) is 0 Å². The van der Waals surface area contributed by atoms with Crippen LogP contribution in [0.1, 0.15) is 61.8 Å². The molecule has 0 radical (unpaired) electrons. The molecule has 1 aliphatic rings. The van der Waals surface area contributed by atoms with E-state index in [2.05, 4.69) is 71.7 Å². The first kappa shape index (κ1) is 26.0. The van der Waals surface area contributed by atoms with Gasteiger partial charge in [-0.2, -0.15) is 0 Å². The number of hydrogen-bond donors (Lipinski definition) is 5. The van der Waals surface area contributed by atoms with Crippen molar-refractivity contribution in [2.45, 2.75) is 52.9 Å². The summed E-state index contributed by atoms with van der Waals surface area (Å²) in [7, 11) is 1.60. The second kappa shape index (κ2) is 11.7. The third kappa shape index (κ3) is 6.10. The Balaban J connectivity index is 1.92. The van der Waals surface area contributed by atoms with E-state index in [4.69, 9.17) is 5.41 Å². The van der Waals surface area contributed by atoms with Gasteiger partial charge in [0.2, 0.25) is 5.91 Å². The van der Waals surface area contributed by atoms with E-state index in [0.29, 0.717) is 30.2 Å². The Morgan fingerprint density at radius 3 is 2.74 bits per heavy atom. The summed E-state index contributed by atoms with van der Waals surface area (Å²) in [6.45, 7) is 8.80. The summed E-state index contributed by atoms with van der Waals surface area (Å²) < 4.78 is 0. The predicted octanol–water partition coefficient (Wildman–Crippen LogP) is 3.00. The van der Waals surface area contributed by atoms with E-state index < -0.39 is 0 Å². The van der Waals surface area contributed by atoms with Crippen molar-refractivity contribution in [2.75, 3.05) is 13.6 Å². The van der Waals surface area contributed by atoms with Crippen LogP contribution in [-0.4, -0.2) is 41.1 Å². The van der Waals surface area contributed by atoms with Crippen molar-refractivity contribution in [1.29, 1.82) is 5.41 Å². The number of amides is 1. The second-order valence-electron chi connectivity index (χ2n) is 8.94. The zero-order chi connectivity index (χ0) is 25.5. The fraction of sp³-hybridized carbons (Fsp3) is 0.393. The van der Waals surface area contributed by atoms with Gasteiger partial charge in [0.25, 0.3) is 0 Å². The Hall–Kier alpha value is -3.61. The van der Waals surface area contributed by atoms with Gasteiger partial charge in [-0.1, -0.05) is 44.2 Å². The quantitative estimate of drug-likeness (QED) is 0.218. The molecular formula is C28H37N5O2. The molecule has 1 heterocycles. The third-order valence-corrected chi connectivity index (χ3v) is 6.60. The molecule has 3 rings (SSSR count). The SMILES string of the molecule is CCc1ccc(C)c(C2C=c3c(C(C)=NC(=N)/C=C\NCCC(=O)NC)c(O)[nH]c3=CC2CC)c1. The van der Waals surface area contributed by atoms with E-state index in [9.17, 15) is 9.90 Å². The summed E-state index contributed by atoms with van der Waals surface area (Å²) in [5, 5.41) is 26.3. The lowest BCUT2D eigenvalue weighted by Gasteiger charge is -2.25. The number of aryl methyl sites for hydroxylation is 2. The normalized spacial score (nSPS) is 17.5. The number of hydrogen-bond acceptors (Lipinski definition) is 4. The van der Waals surface area contributed by atoms with Crippen LogP contribution in [0.25, 0.3) is 12.2 Å². The van der Waals surface area contributed by atoms with Crippen LogP contribution in [-0.2, 0) is 11.2 Å². The molecule has 7 nitrogen and oxygen atoms in total. The van der Waals surface area contributed by atoms with Crippen molar-refractivity contribution in [1.82, 2.24) is 15.6 Å². The molecule has 5 N–H and O–H groups in total. The monoisotopic (exact) mass is 475 g/mol. The highest BCUT2D eigenvalue weighted by atomic mass is 16.3. The Bertz CT molecular complexity index is 1270. The first-order valence-electron chi connectivity index (χ1n) is 12.3. The predicted molar refractivity (Wildman–Crippen MR) is 143 cm³/mol. The van der Waals surface area contributed by atoms with Gasteiger partial charge in [-0.15, -0.1) is 0 Å². The molecule has 0 aliphatic heterocycles. The van der Waals surface area contributed by atoms with Gasteiger partial charge in [0.1, 0.15) is 5.84 Å². The number of rotatable bonds is 9. The van der Waals surface area contributed by atoms with Crippen molar-refractivity contribution in [3.05, 3.63) is 63.3 Å². The second-order valence-corrected chi connectivity index (χ2v) is 8.94. The van der Waals surface area contributed by atoms with Crippen LogP contribution in [0.2, 0.25) is 0 Å². The topological polar surface area (TPSA) is 113 Å². The summed E-state index contributed by atoms with van der Waals surface area (Å²) in [4.78, 5) is 18.8. The molecule has 0 saturated heterocycles. The van der Waals surface area contributed by atoms with Gasteiger partial charge >= 0.3 is 0 Å². The van der Waals surface area contributed by atoms with Crippen LogP contribution in [0, 0.1) is 18.3 Å². The first-order chi connectivity index (χ1) is 16.8. The maximum Gasteiger partial charge on any atom is 0.221 e. The van der Waals surface area contributed by atoms with E-state index in [-0.39, 0.29) is 23.5 Å². The number of nitrogens with zero attached hydrogens (tertiary/aromatic N) is 1. The number of carbonyl (C=O) groups is 1. The van der Waals surface area contributed by atoms with E-state index in [1.165, 1.54) is 22.8 Å². The number of aromatic amines is 1. The number of nitrogens with one attached hydrogen (secondary N) is 4. The maximum absolute atomic E-state index is 11.3. The van der Waals surface area contributed by atoms with Gasteiger partial charge in [-0.3, -0.25) is 10.2 Å². The minimum Gasteiger partial charge on any atom is -0.494 e. The third-order valence-electron chi connectivity index (χ3n) is 6.60. The molecular weight excluding hydrogens is 438 g/mol. The summed E-state index contributed by atoms with van der Waals surface area (Å²) in [6, 6.07) is 6.69. The molecule has 35 heavy (non-hydrogen) atoms. The van der Waals surface area contributed by atoms with E-state index >= 15 is 0 Å². The van der Waals surface area contributed by atoms with Crippen LogP contribution in [0.3, 0.4) is 0 Å². The number of fused-ring (bicyclic) bond motifs is 1. The Labute approximate surface area is 207 Å². The molecule has 0 fully saturated rings. The number of H-pyrrole nitrogens is 1. The molecule has 0 spiro atoms. The summed E-state index contributed by atoms with van der Waals surface area (Å²) in [6.07, 6.45) is 9.94. The Kier molecular flexibility index (Phi) is 8.68. The van der Waals surface area contributed by atoms with Crippen molar-refractivity contribution < 1.29 is 9.90 Å². The van der Waals surface area contributed by atoms with E-state index in [0.717, 1.165) is 23.4 Å². The van der Waals surface area contributed by atoms with Crippen molar-refractivity contribution in [3.63, 3.8) is 0 Å². The molecule has 0 saturated carbocycles. The highest BCUT2D eigenvalue weighted by Crippen LogP contribution is 2.34. The zero-order valence-corrected chi connectivity index (χ0v) is 21.3. The molecule has 1 aliphatic carbocycles. The van der Waals surface area contributed by atoms with Gasteiger partial charge in [0.15, 0.2) is 5.88 Å². The highest BCUT2D eigenvalue weighted by molar-refractivity contribution is 6.09. The van der Waals surface area contributed by atoms with E-state index in [1.54, 1.807) is 13.2 Å². The van der Waals surface area contributed by atoms with Crippen molar-refractivity contribution in [2.24, 2.45) is 10.9 Å². The molecule has 0 bridgehead atoms. The van der Waals surface area contributed by atoms with Crippen molar-refractivity contribution in [3.8, 4) is 5.88 Å². The Morgan fingerprint density at radius 1 is 1.29 bits per heavy atom. The van der Waals surface area contributed by atoms with E-state index in [1.807, 2.05) is 6.92 Å². The molecule has 1 amide bonds. The highest BCUT2D eigenvalue weighted by Gasteiger charge is 2.25. The van der Waals surface area contributed by atoms with Crippen LogP contribution >= 0.6 is 0 Å². The minimum atomic E-state index is -0.0455. The van der Waals surface area contributed by atoms with Crippen LogP contribution < -0.4 is 21.2 Å². The fourth-order valence-corrected chi connectivity index (χ4v) is 4.58. The molecule has 186 valence electrons. The van der Waals surface area contributed by atoms with Crippen molar-refractivity contribution >= 4 is 29.6 Å².